The molecule has 0 saturated carbocycles. The van der Waals surface area contributed by atoms with Crippen molar-refractivity contribution in [1.29, 1.82) is 0 Å². The average Bonchev–Trinajstić information content (AvgIpc) is 2.81. The third-order valence-corrected chi connectivity index (χ3v) is 6.58. The summed E-state index contributed by atoms with van der Waals surface area (Å²) in [5.74, 6) is 0.992. The van der Waals surface area contributed by atoms with E-state index in [1.165, 1.54) is 28.1 Å². The second kappa shape index (κ2) is 8.68. The number of ether oxygens (including phenoxy) is 1. The van der Waals surface area contributed by atoms with E-state index < -0.39 is 0 Å². The second-order valence-corrected chi connectivity index (χ2v) is 8.58. The van der Waals surface area contributed by atoms with Gasteiger partial charge in [0.15, 0.2) is 11.3 Å². The highest BCUT2D eigenvalue weighted by atomic mass is 16.5. The quantitative estimate of drug-likeness (QED) is 0.690. The summed E-state index contributed by atoms with van der Waals surface area (Å²) in [6.45, 7) is 6.16. The van der Waals surface area contributed by atoms with Gasteiger partial charge in [-0.15, -0.1) is 0 Å². The summed E-state index contributed by atoms with van der Waals surface area (Å²) >= 11 is 0. The van der Waals surface area contributed by atoms with Crippen LogP contribution in [-0.4, -0.2) is 63.2 Å². The lowest BCUT2D eigenvalue weighted by Gasteiger charge is -2.32. The van der Waals surface area contributed by atoms with Crippen LogP contribution in [0, 0.1) is 6.08 Å². The number of rotatable bonds is 5. The van der Waals surface area contributed by atoms with Crippen LogP contribution in [0.1, 0.15) is 17.0 Å². The standard InChI is InChI=1S/C27H30N3O/c1-28-14-16-30(17-15-28)18-19-31-22-12-13-26-24(20-22)27(21-8-4-3-5-9-21)23-10-6-7-11-25(23)29(26)2/h3-13,27H,14-19H2,1-2H3/q+1. The minimum absolute atomic E-state index is 0.157. The molecule has 0 N–H and O–H groups in total. The number of allylic oxidation sites excluding steroid dienone is 4. The fourth-order valence-electron chi connectivity index (χ4n) is 4.75. The number of likely N-dealkylation sites (N-methyl/N-ethyl adjacent to an activating group) is 2. The number of nitrogens with zero attached hydrogens (tertiary/aromatic N) is 3. The molecule has 1 fully saturated rings. The van der Waals surface area contributed by atoms with Crippen molar-refractivity contribution in [3.63, 3.8) is 0 Å². The first-order valence-corrected chi connectivity index (χ1v) is 11.2. The minimum Gasteiger partial charge on any atom is -0.464 e. The van der Waals surface area contributed by atoms with Gasteiger partial charge in [-0.05, 0) is 24.2 Å². The van der Waals surface area contributed by atoms with Crippen molar-refractivity contribution in [2.24, 2.45) is 0 Å². The molecular weight excluding hydrogens is 382 g/mol. The minimum atomic E-state index is 0.157. The second-order valence-electron chi connectivity index (χ2n) is 8.58. The molecule has 158 valence electrons. The number of hydrogen-bond donors (Lipinski definition) is 0. The molecular formula is C27H30N3O+. The fraction of sp³-hybridized carbons (Fsp3) is 0.333. The fourth-order valence-corrected chi connectivity index (χ4v) is 4.75. The lowest BCUT2D eigenvalue weighted by Crippen LogP contribution is -2.45. The van der Waals surface area contributed by atoms with E-state index in [2.05, 4.69) is 102 Å². The van der Waals surface area contributed by atoms with Gasteiger partial charge in [0.2, 0.25) is 0 Å². The molecule has 2 aromatic rings. The van der Waals surface area contributed by atoms with Crippen molar-refractivity contribution in [3.05, 3.63) is 101 Å². The summed E-state index contributed by atoms with van der Waals surface area (Å²) in [6.07, 6.45) is 7.89. The van der Waals surface area contributed by atoms with Gasteiger partial charge in [0.25, 0.3) is 5.76 Å². The first-order valence-electron chi connectivity index (χ1n) is 11.2. The summed E-state index contributed by atoms with van der Waals surface area (Å²) in [5, 5.41) is 0. The maximum atomic E-state index is 6.18. The van der Waals surface area contributed by atoms with Crippen molar-refractivity contribution < 1.29 is 4.74 Å². The van der Waals surface area contributed by atoms with E-state index in [9.17, 15) is 0 Å². The summed E-state index contributed by atoms with van der Waals surface area (Å²) in [5.41, 5.74) is 6.23. The molecule has 0 aromatic heterocycles. The number of para-hydroxylation sites is 1. The van der Waals surface area contributed by atoms with Gasteiger partial charge in [0.1, 0.15) is 6.61 Å². The van der Waals surface area contributed by atoms with Crippen molar-refractivity contribution in [2.45, 2.75) is 5.92 Å². The number of benzene rings is 2. The molecule has 3 aliphatic rings. The molecule has 1 saturated heterocycles. The van der Waals surface area contributed by atoms with Crippen LogP contribution >= 0.6 is 0 Å². The number of piperazine rings is 1. The molecule has 1 atom stereocenters. The Bertz CT molecular complexity index is 1020. The zero-order valence-corrected chi connectivity index (χ0v) is 18.4. The summed E-state index contributed by atoms with van der Waals surface area (Å²) in [7, 11) is 4.33. The average molecular weight is 413 g/mol. The van der Waals surface area contributed by atoms with Crippen LogP contribution in [0.4, 0.5) is 5.69 Å². The molecule has 2 heterocycles. The van der Waals surface area contributed by atoms with E-state index >= 15 is 0 Å². The highest BCUT2D eigenvalue weighted by Crippen LogP contribution is 2.46. The Morgan fingerprint density at radius 3 is 2.45 bits per heavy atom. The van der Waals surface area contributed by atoms with Crippen LogP contribution in [0.15, 0.2) is 83.8 Å². The molecule has 4 nitrogen and oxygen atoms in total. The van der Waals surface area contributed by atoms with E-state index in [0.29, 0.717) is 6.61 Å². The van der Waals surface area contributed by atoms with Crippen LogP contribution in [0.5, 0.6) is 0 Å². The van der Waals surface area contributed by atoms with E-state index in [1.807, 2.05) is 0 Å². The number of hydrogen-bond acceptors (Lipinski definition) is 4. The SMILES string of the molecule is CN1CCN(CCOC2=[C+]C3=C(C=C2)N(C)c2ccccc2C3c2ccccc2)CC1. The Labute approximate surface area is 185 Å². The third kappa shape index (κ3) is 4.03. The maximum Gasteiger partial charge on any atom is 0.289 e. The van der Waals surface area contributed by atoms with Crippen LogP contribution in [0.25, 0.3) is 0 Å². The van der Waals surface area contributed by atoms with Gasteiger partial charge in [-0.2, -0.15) is 0 Å². The molecule has 0 radical (unpaired) electrons. The predicted octanol–water partition coefficient (Wildman–Crippen LogP) is 4.04. The smallest absolute Gasteiger partial charge is 0.289 e. The van der Waals surface area contributed by atoms with Gasteiger partial charge in [-0.3, -0.25) is 9.80 Å². The third-order valence-electron chi connectivity index (χ3n) is 6.58. The van der Waals surface area contributed by atoms with E-state index in [1.54, 1.807) is 0 Å². The van der Waals surface area contributed by atoms with Gasteiger partial charge >= 0.3 is 0 Å². The topological polar surface area (TPSA) is 19.0 Å². The Morgan fingerprint density at radius 2 is 1.65 bits per heavy atom. The van der Waals surface area contributed by atoms with Crippen LogP contribution in [0.3, 0.4) is 0 Å². The van der Waals surface area contributed by atoms with E-state index in [4.69, 9.17) is 4.74 Å². The number of fused-ring (bicyclic) bond motifs is 1. The first kappa shape index (κ1) is 20.0. The molecule has 2 aromatic carbocycles. The van der Waals surface area contributed by atoms with Gasteiger partial charge in [0, 0.05) is 39.8 Å². The molecule has 0 amide bonds. The van der Waals surface area contributed by atoms with Gasteiger partial charge in [0.05, 0.1) is 29.8 Å². The molecule has 1 unspecified atom stereocenters. The lowest BCUT2D eigenvalue weighted by atomic mass is 9.79. The molecule has 5 rings (SSSR count). The number of anilines is 1. The maximum absolute atomic E-state index is 6.18. The predicted molar refractivity (Wildman–Crippen MR) is 126 cm³/mol. The van der Waals surface area contributed by atoms with Crippen LogP contribution in [0.2, 0.25) is 0 Å². The van der Waals surface area contributed by atoms with Gasteiger partial charge in [-0.1, -0.05) is 48.5 Å². The van der Waals surface area contributed by atoms with Gasteiger partial charge < -0.3 is 9.64 Å². The zero-order chi connectivity index (χ0) is 21.2. The Kier molecular flexibility index (Phi) is 5.61. The van der Waals surface area contributed by atoms with Gasteiger partial charge in [-0.25, -0.2) is 0 Å². The van der Waals surface area contributed by atoms with E-state index in [0.717, 1.165) is 38.5 Å². The van der Waals surface area contributed by atoms with Crippen molar-refractivity contribution in [2.75, 3.05) is 58.3 Å². The van der Waals surface area contributed by atoms with Crippen molar-refractivity contribution >= 4 is 5.69 Å². The normalized spacial score (nSPS) is 21.3. The Balaban J connectivity index is 1.39. The summed E-state index contributed by atoms with van der Waals surface area (Å²) in [6, 6.07) is 19.4. The summed E-state index contributed by atoms with van der Waals surface area (Å²) < 4.78 is 6.18. The zero-order valence-electron chi connectivity index (χ0n) is 18.4. The van der Waals surface area contributed by atoms with Crippen molar-refractivity contribution in [1.82, 2.24) is 9.80 Å². The molecule has 31 heavy (non-hydrogen) atoms. The molecule has 1 aliphatic carbocycles. The molecule has 2 aliphatic heterocycles. The monoisotopic (exact) mass is 412 g/mol. The highest BCUT2D eigenvalue weighted by Gasteiger charge is 2.38. The summed E-state index contributed by atoms with van der Waals surface area (Å²) in [4.78, 5) is 7.14. The largest absolute Gasteiger partial charge is 0.464 e. The molecule has 0 spiro atoms. The first-order chi connectivity index (χ1) is 15.2. The molecule has 4 heteroatoms. The highest BCUT2D eigenvalue weighted by molar-refractivity contribution is 5.71. The van der Waals surface area contributed by atoms with Crippen molar-refractivity contribution in [3.8, 4) is 0 Å². The van der Waals surface area contributed by atoms with Crippen LogP contribution < -0.4 is 4.90 Å². The lowest BCUT2D eigenvalue weighted by molar-refractivity contribution is 0.115. The molecule has 0 bridgehead atoms. The Hall–Kier alpha value is -2.91. The Morgan fingerprint density at radius 1 is 0.903 bits per heavy atom. The van der Waals surface area contributed by atoms with Crippen LogP contribution in [-0.2, 0) is 4.74 Å². The van der Waals surface area contributed by atoms with E-state index in [-0.39, 0.29) is 5.92 Å².